The van der Waals surface area contributed by atoms with Crippen LogP contribution in [0, 0.1) is 0 Å². The SMILES string of the molecule is CN=C(NCc1ccc(N2CC=CC2)cc1)NC1CCOc2ccccc21. The monoisotopic (exact) mass is 362 g/mol. The highest BCUT2D eigenvalue weighted by Gasteiger charge is 2.21. The number of para-hydroxylation sites is 1. The summed E-state index contributed by atoms with van der Waals surface area (Å²) >= 11 is 0. The lowest BCUT2D eigenvalue weighted by molar-refractivity contribution is 0.261. The number of anilines is 1. The number of hydrogen-bond acceptors (Lipinski definition) is 3. The van der Waals surface area contributed by atoms with Gasteiger partial charge in [-0.25, -0.2) is 0 Å². The van der Waals surface area contributed by atoms with Crippen molar-refractivity contribution in [3.63, 3.8) is 0 Å². The number of nitrogens with one attached hydrogen (secondary N) is 2. The molecule has 0 saturated carbocycles. The summed E-state index contributed by atoms with van der Waals surface area (Å²) in [5, 5.41) is 6.96. The fourth-order valence-electron chi connectivity index (χ4n) is 3.55. The molecule has 2 N–H and O–H groups in total. The summed E-state index contributed by atoms with van der Waals surface area (Å²) in [6.07, 6.45) is 5.34. The summed E-state index contributed by atoms with van der Waals surface area (Å²) in [4.78, 5) is 6.74. The summed E-state index contributed by atoms with van der Waals surface area (Å²) in [6, 6.07) is 17.2. The van der Waals surface area contributed by atoms with E-state index in [2.05, 4.69) is 69.1 Å². The van der Waals surface area contributed by atoms with Gasteiger partial charge >= 0.3 is 0 Å². The van der Waals surface area contributed by atoms with Gasteiger partial charge in [-0.1, -0.05) is 42.5 Å². The molecule has 27 heavy (non-hydrogen) atoms. The zero-order valence-electron chi connectivity index (χ0n) is 15.7. The average Bonchev–Trinajstić information content (AvgIpc) is 3.26. The molecule has 1 unspecified atom stereocenters. The average molecular weight is 362 g/mol. The molecule has 1 atom stereocenters. The predicted octanol–water partition coefficient (Wildman–Crippen LogP) is 3.25. The molecule has 2 aromatic carbocycles. The number of ether oxygens (including phenoxy) is 1. The second kappa shape index (κ2) is 8.16. The molecule has 2 heterocycles. The summed E-state index contributed by atoms with van der Waals surface area (Å²) in [5.74, 6) is 1.77. The van der Waals surface area contributed by atoms with Crippen LogP contribution in [0.4, 0.5) is 5.69 Å². The fourth-order valence-corrected chi connectivity index (χ4v) is 3.55. The second-order valence-corrected chi connectivity index (χ2v) is 6.84. The maximum atomic E-state index is 5.74. The molecule has 0 spiro atoms. The molecule has 2 aliphatic rings. The van der Waals surface area contributed by atoms with Gasteiger partial charge in [-0.15, -0.1) is 0 Å². The molecule has 0 aromatic heterocycles. The Morgan fingerprint density at radius 2 is 1.89 bits per heavy atom. The van der Waals surface area contributed by atoms with E-state index < -0.39 is 0 Å². The molecule has 2 aromatic rings. The number of fused-ring (bicyclic) bond motifs is 1. The van der Waals surface area contributed by atoms with Gasteiger partial charge in [0.25, 0.3) is 0 Å². The normalized spacial score (nSPS) is 18.8. The van der Waals surface area contributed by atoms with Gasteiger partial charge in [-0.3, -0.25) is 4.99 Å². The zero-order valence-corrected chi connectivity index (χ0v) is 15.7. The quantitative estimate of drug-likeness (QED) is 0.498. The first-order valence-electron chi connectivity index (χ1n) is 9.51. The number of aliphatic imine (C=N–C) groups is 1. The number of hydrogen-bond donors (Lipinski definition) is 2. The first-order chi connectivity index (χ1) is 13.3. The Morgan fingerprint density at radius 1 is 1.11 bits per heavy atom. The van der Waals surface area contributed by atoms with Crippen molar-refractivity contribution >= 4 is 11.6 Å². The largest absolute Gasteiger partial charge is 0.493 e. The Kier molecular flexibility index (Phi) is 5.28. The lowest BCUT2D eigenvalue weighted by Gasteiger charge is -2.28. The Hall–Kier alpha value is -2.95. The predicted molar refractivity (Wildman–Crippen MR) is 110 cm³/mol. The third-order valence-electron chi connectivity index (χ3n) is 5.07. The molecule has 0 bridgehead atoms. The molecule has 0 amide bonds. The van der Waals surface area contributed by atoms with Crippen LogP contribution in [-0.2, 0) is 6.54 Å². The van der Waals surface area contributed by atoms with Crippen molar-refractivity contribution in [3.05, 3.63) is 71.8 Å². The summed E-state index contributed by atoms with van der Waals surface area (Å²) in [6.45, 7) is 3.46. The number of rotatable bonds is 4. The van der Waals surface area contributed by atoms with Gasteiger partial charge in [-0.2, -0.15) is 0 Å². The minimum absolute atomic E-state index is 0.214. The molecule has 5 heteroatoms. The van der Waals surface area contributed by atoms with Crippen LogP contribution in [0.3, 0.4) is 0 Å². The van der Waals surface area contributed by atoms with Gasteiger partial charge in [0.15, 0.2) is 5.96 Å². The molecule has 2 aliphatic heterocycles. The number of nitrogens with zero attached hydrogens (tertiary/aromatic N) is 2. The van der Waals surface area contributed by atoms with Crippen molar-refractivity contribution in [2.45, 2.75) is 19.0 Å². The maximum absolute atomic E-state index is 5.74. The van der Waals surface area contributed by atoms with Gasteiger partial charge in [0, 0.05) is 44.4 Å². The highest BCUT2D eigenvalue weighted by atomic mass is 16.5. The van der Waals surface area contributed by atoms with Crippen molar-refractivity contribution < 1.29 is 4.74 Å². The van der Waals surface area contributed by atoms with E-state index in [0.717, 1.165) is 44.4 Å². The standard InChI is InChI=1S/C22H26N4O/c1-23-22(25-20-12-15-27-21-7-3-2-6-19(20)21)24-16-17-8-10-18(11-9-17)26-13-4-5-14-26/h2-11,20H,12-16H2,1H3,(H2,23,24,25). The zero-order chi connectivity index (χ0) is 18.5. The second-order valence-electron chi connectivity index (χ2n) is 6.84. The summed E-state index contributed by atoms with van der Waals surface area (Å²) in [5.41, 5.74) is 3.70. The van der Waals surface area contributed by atoms with Crippen LogP contribution in [0.2, 0.25) is 0 Å². The van der Waals surface area contributed by atoms with Gasteiger partial charge in [-0.05, 0) is 23.8 Å². The van der Waals surface area contributed by atoms with Crippen LogP contribution in [0.1, 0.15) is 23.6 Å². The molecule has 0 fully saturated rings. The molecular weight excluding hydrogens is 336 g/mol. The Balaban J connectivity index is 1.35. The minimum atomic E-state index is 0.214. The molecule has 4 rings (SSSR count). The van der Waals surface area contributed by atoms with Crippen LogP contribution in [0.5, 0.6) is 5.75 Å². The van der Waals surface area contributed by atoms with Crippen molar-refractivity contribution in [2.75, 3.05) is 31.6 Å². The minimum Gasteiger partial charge on any atom is -0.493 e. The third-order valence-corrected chi connectivity index (χ3v) is 5.07. The third kappa shape index (κ3) is 4.08. The highest BCUT2D eigenvalue weighted by molar-refractivity contribution is 5.80. The molecule has 0 radical (unpaired) electrons. The van der Waals surface area contributed by atoms with Gasteiger partial charge in [0.2, 0.25) is 0 Å². The first-order valence-corrected chi connectivity index (χ1v) is 9.51. The fraction of sp³-hybridized carbons (Fsp3) is 0.318. The number of benzene rings is 2. The van der Waals surface area contributed by atoms with Gasteiger partial charge < -0.3 is 20.3 Å². The molecule has 140 valence electrons. The lowest BCUT2D eigenvalue weighted by Crippen LogP contribution is -2.40. The van der Waals surface area contributed by atoms with E-state index in [4.69, 9.17) is 4.74 Å². The molecule has 0 saturated heterocycles. The van der Waals surface area contributed by atoms with Gasteiger partial charge in [0.1, 0.15) is 5.75 Å². The van der Waals surface area contributed by atoms with Crippen LogP contribution in [0.25, 0.3) is 0 Å². The van der Waals surface area contributed by atoms with Crippen molar-refractivity contribution in [1.82, 2.24) is 10.6 Å². The first kappa shape index (κ1) is 17.5. The maximum Gasteiger partial charge on any atom is 0.191 e. The van der Waals surface area contributed by atoms with E-state index >= 15 is 0 Å². The highest BCUT2D eigenvalue weighted by Crippen LogP contribution is 2.31. The van der Waals surface area contributed by atoms with Crippen molar-refractivity contribution in [3.8, 4) is 5.75 Å². The Labute approximate surface area is 160 Å². The van der Waals surface area contributed by atoms with Crippen molar-refractivity contribution in [1.29, 1.82) is 0 Å². The lowest BCUT2D eigenvalue weighted by atomic mass is 10.0. The van der Waals surface area contributed by atoms with Crippen LogP contribution in [-0.4, -0.2) is 32.7 Å². The van der Waals surface area contributed by atoms with E-state index in [9.17, 15) is 0 Å². The molecule has 0 aliphatic carbocycles. The molecular formula is C22H26N4O. The van der Waals surface area contributed by atoms with E-state index in [1.165, 1.54) is 16.8 Å². The van der Waals surface area contributed by atoms with E-state index in [-0.39, 0.29) is 6.04 Å². The summed E-state index contributed by atoms with van der Waals surface area (Å²) in [7, 11) is 1.81. The van der Waals surface area contributed by atoms with E-state index in [1.807, 2.05) is 19.2 Å². The van der Waals surface area contributed by atoms with Crippen LogP contribution >= 0.6 is 0 Å². The van der Waals surface area contributed by atoms with Crippen LogP contribution < -0.4 is 20.3 Å². The van der Waals surface area contributed by atoms with Crippen LogP contribution in [0.15, 0.2) is 65.7 Å². The summed E-state index contributed by atoms with van der Waals surface area (Å²) < 4.78 is 5.74. The van der Waals surface area contributed by atoms with E-state index in [0.29, 0.717) is 0 Å². The topological polar surface area (TPSA) is 48.9 Å². The number of guanidine groups is 1. The van der Waals surface area contributed by atoms with Gasteiger partial charge in [0.05, 0.1) is 12.6 Å². The Bertz CT molecular complexity index is 820. The van der Waals surface area contributed by atoms with Crippen molar-refractivity contribution in [2.24, 2.45) is 4.99 Å². The smallest absolute Gasteiger partial charge is 0.191 e. The Morgan fingerprint density at radius 3 is 2.67 bits per heavy atom. The van der Waals surface area contributed by atoms with E-state index in [1.54, 1.807) is 0 Å². The molecule has 5 nitrogen and oxygen atoms in total.